The van der Waals surface area contributed by atoms with Crippen molar-refractivity contribution in [1.29, 1.82) is 0 Å². The average molecular weight is 551 g/mol. The fraction of sp³-hybridized carbons (Fsp3) is 0.455. The molecular formula is C33H46N2O5. The predicted molar refractivity (Wildman–Crippen MR) is 163 cm³/mol. The van der Waals surface area contributed by atoms with Crippen molar-refractivity contribution in [3.05, 3.63) is 65.7 Å². The number of nitrogens with one attached hydrogen (secondary N) is 2. The average Bonchev–Trinajstić information content (AvgIpc) is 2.96. The van der Waals surface area contributed by atoms with E-state index in [0.29, 0.717) is 23.5 Å². The van der Waals surface area contributed by atoms with Gasteiger partial charge in [-0.25, -0.2) is 0 Å². The van der Waals surface area contributed by atoms with Gasteiger partial charge >= 0.3 is 0 Å². The minimum atomic E-state index is -0.0827. The van der Waals surface area contributed by atoms with Crippen LogP contribution in [0.3, 0.4) is 0 Å². The molecule has 3 atom stereocenters. The summed E-state index contributed by atoms with van der Waals surface area (Å²) in [5, 5.41) is 6.03. The molecule has 3 rings (SSSR count). The summed E-state index contributed by atoms with van der Waals surface area (Å²) < 4.78 is 15.5. The second kappa shape index (κ2) is 17.8. The van der Waals surface area contributed by atoms with Gasteiger partial charge in [0.2, 0.25) is 11.8 Å². The highest BCUT2D eigenvalue weighted by Gasteiger charge is 2.21. The van der Waals surface area contributed by atoms with Gasteiger partial charge in [-0.15, -0.1) is 0 Å². The molecule has 1 fully saturated rings. The van der Waals surface area contributed by atoms with Crippen LogP contribution in [0, 0.1) is 5.92 Å². The molecule has 0 saturated heterocycles. The molecule has 2 aromatic carbocycles. The molecule has 1 saturated carbocycles. The number of rotatable bonds is 11. The molecule has 0 heterocycles. The molecule has 0 radical (unpaired) electrons. The van der Waals surface area contributed by atoms with Gasteiger partial charge in [0.15, 0.2) is 11.5 Å². The van der Waals surface area contributed by atoms with Crippen LogP contribution in [0.2, 0.25) is 0 Å². The second-order valence-electron chi connectivity index (χ2n) is 10.1. The van der Waals surface area contributed by atoms with Crippen LogP contribution in [-0.4, -0.2) is 45.2 Å². The van der Waals surface area contributed by atoms with Crippen molar-refractivity contribution in [3.63, 3.8) is 0 Å². The largest absolute Gasteiger partial charge is 0.497 e. The van der Waals surface area contributed by atoms with Gasteiger partial charge in [0.25, 0.3) is 0 Å². The maximum absolute atomic E-state index is 11.9. The van der Waals surface area contributed by atoms with Gasteiger partial charge in [-0.2, -0.15) is 0 Å². The number of ether oxygens (including phenoxy) is 3. The number of carbonyl (C=O) groups excluding carboxylic acids is 2. The quantitative estimate of drug-likeness (QED) is 0.315. The zero-order valence-electron chi connectivity index (χ0n) is 24.9. The van der Waals surface area contributed by atoms with E-state index in [1.807, 2.05) is 55.5 Å². The van der Waals surface area contributed by atoms with Gasteiger partial charge < -0.3 is 24.8 Å². The molecule has 0 spiro atoms. The third kappa shape index (κ3) is 11.6. The number of hydrogen-bond acceptors (Lipinski definition) is 5. The molecule has 2 aromatic rings. The van der Waals surface area contributed by atoms with Crippen LogP contribution in [-0.2, 0) is 9.59 Å². The van der Waals surface area contributed by atoms with Crippen LogP contribution in [0.25, 0.3) is 12.2 Å². The Bertz CT molecular complexity index is 1110. The standard InChI is InChI=1S/C17H23NO2.C16H23NO3/c1-13-5-3-4-6-16(13)18-17(19)12-9-14-7-10-15(20-2)11-8-14;1-5-6-12(2)17-16(18)10-8-13-7-9-14(19-3)15(11-13)20-4/h7-13,16H,3-6H2,1-2H3,(H,18,19);7-12H,5-6H2,1-4H3,(H,17,18)/b12-9+;10-8+. The third-order valence-corrected chi connectivity index (χ3v) is 6.93. The SMILES string of the molecule is CCCC(C)NC(=O)/C=C/c1ccc(OC)c(OC)c1.COc1ccc(/C=C/C(=O)NC2CCCCC2C)cc1. The molecule has 40 heavy (non-hydrogen) atoms. The Balaban J connectivity index is 0.000000280. The van der Waals surface area contributed by atoms with Crippen molar-refractivity contribution in [2.75, 3.05) is 21.3 Å². The van der Waals surface area contributed by atoms with Crippen molar-refractivity contribution in [1.82, 2.24) is 10.6 Å². The number of hydrogen-bond donors (Lipinski definition) is 2. The molecule has 0 aliphatic heterocycles. The highest BCUT2D eigenvalue weighted by Crippen LogP contribution is 2.28. The number of amides is 2. The summed E-state index contributed by atoms with van der Waals surface area (Å²) in [5.41, 5.74) is 1.89. The van der Waals surface area contributed by atoms with Crippen molar-refractivity contribution >= 4 is 24.0 Å². The summed E-state index contributed by atoms with van der Waals surface area (Å²) >= 11 is 0. The van der Waals surface area contributed by atoms with E-state index >= 15 is 0 Å². The van der Waals surface area contributed by atoms with Crippen LogP contribution in [0.4, 0.5) is 0 Å². The van der Waals surface area contributed by atoms with Crippen LogP contribution in [0.1, 0.15) is 70.4 Å². The van der Waals surface area contributed by atoms with Crippen molar-refractivity contribution < 1.29 is 23.8 Å². The van der Waals surface area contributed by atoms with E-state index in [-0.39, 0.29) is 17.9 Å². The first-order chi connectivity index (χ1) is 19.3. The minimum Gasteiger partial charge on any atom is -0.497 e. The molecule has 2 amide bonds. The lowest BCUT2D eigenvalue weighted by molar-refractivity contribution is -0.118. The lowest BCUT2D eigenvalue weighted by Crippen LogP contribution is -2.40. The van der Waals surface area contributed by atoms with Gasteiger partial charge in [0, 0.05) is 24.2 Å². The van der Waals surface area contributed by atoms with Crippen LogP contribution < -0.4 is 24.8 Å². The molecular weight excluding hydrogens is 504 g/mol. The Kier molecular flexibility index (Phi) is 14.4. The zero-order valence-corrected chi connectivity index (χ0v) is 24.9. The topological polar surface area (TPSA) is 85.9 Å². The fourth-order valence-electron chi connectivity index (χ4n) is 4.57. The van der Waals surface area contributed by atoms with Crippen LogP contribution >= 0.6 is 0 Å². The first-order valence-corrected chi connectivity index (χ1v) is 14.1. The number of methoxy groups -OCH3 is 3. The molecule has 7 nitrogen and oxygen atoms in total. The van der Waals surface area contributed by atoms with E-state index in [4.69, 9.17) is 14.2 Å². The van der Waals surface area contributed by atoms with Crippen molar-refractivity contribution in [2.24, 2.45) is 5.92 Å². The molecule has 1 aliphatic rings. The van der Waals surface area contributed by atoms with E-state index < -0.39 is 0 Å². The Labute approximate surface area is 240 Å². The Morgan fingerprint density at radius 2 is 1.50 bits per heavy atom. The minimum absolute atomic E-state index is 0.000400. The summed E-state index contributed by atoms with van der Waals surface area (Å²) in [6.45, 7) is 6.32. The molecule has 7 heteroatoms. The van der Waals surface area contributed by atoms with Gasteiger partial charge in [-0.3, -0.25) is 9.59 Å². The highest BCUT2D eigenvalue weighted by atomic mass is 16.5. The van der Waals surface area contributed by atoms with E-state index in [9.17, 15) is 9.59 Å². The van der Waals surface area contributed by atoms with E-state index in [2.05, 4.69) is 24.5 Å². The molecule has 0 aromatic heterocycles. The lowest BCUT2D eigenvalue weighted by atomic mass is 9.86. The summed E-state index contributed by atoms with van der Waals surface area (Å²) in [5.74, 6) is 2.64. The molecule has 0 bridgehead atoms. The normalized spacial score (nSPS) is 17.4. The van der Waals surface area contributed by atoms with Gasteiger partial charge in [-0.05, 0) is 79.6 Å². The van der Waals surface area contributed by atoms with Crippen LogP contribution in [0.15, 0.2) is 54.6 Å². The maximum Gasteiger partial charge on any atom is 0.244 e. The smallest absolute Gasteiger partial charge is 0.244 e. The predicted octanol–water partition coefficient (Wildman–Crippen LogP) is 6.43. The first-order valence-electron chi connectivity index (χ1n) is 14.1. The Morgan fingerprint density at radius 1 is 0.875 bits per heavy atom. The summed E-state index contributed by atoms with van der Waals surface area (Å²) in [4.78, 5) is 23.7. The monoisotopic (exact) mass is 550 g/mol. The third-order valence-electron chi connectivity index (χ3n) is 6.93. The van der Waals surface area contributed by atoms with Gasteiger partial charge in [-0.1, -0.05) is 51.3 Å². The Morgan fingerprint density at radius 3 is 2.12 bits per heavy atom. The number of carbonyl (C=O) groups is 2. The highest BCUT2D eigenvalue weighted by molar-refractivity contribution is 5.92. The zero-order chi connectivity index (χ0) is 29.3. The molecule has 1 aliphatic carbocycles. The van der Waals surface area contributed by atoms with E-state index in [0.717, 1.165) is 36.1 Å². The van der Waals surface area contributed by atoms with Crippen molar-refractivity contribution in [3.8, 4) is 17.2 Å². The lowest BCUT2D eigenvalue weighted by Gasteiger charge is -2.29. The van der Waals surface area contributed by atoms with Gasteiger partial charge in [0.05, 0.1) is 21.3 Å². The summed E-state index contributed by atoms with van der Waals surface area (Å²) in [7, 11) is 4.82. The molecule has 3 unspecified atom stereocenters. The van der Waals surface area contributed by atoms with E-state index in [1.165, 1.54) is 25.3 Å². The first kappa shape index (κ1) is 32.5. The summed E-state index contributed by atoms with van der Waals surface area (Å²) in [6.07, 6.45) is 13.6. The molecule has 218 valence electrons. The van der Waals surface area contributed by atoms with Gasteiger partial charge in [0.1, 0.15) is 5.75 Å². The van der Waals surface area contributed by atoms with E-state index in [1.54, 1.807) is 33.5 Å². The van der Waals surface area contributed by atoms with Crippen LogP contribution in [0.5, 0.6) is 17.2 Å². The molecule has 2 N–H and O–H groups in total. The van der Waals surface area contributed by atoms with Crippen molar-refractivity contribution in [2.45, 2.75) is 71.4 Å². The second-order valence-corrected chi connectivity index (χ2v) is 10.1. The summed E-state index contributed by atoms with van der Waals surface area (Å²) in [6, 6.07) is 13.7. The number of benzene rings is 2. The maximum atomic E-state index is 11.9. The fourth-order valence-corrected chi connectivity index (χ4v) is 4.57. The Hall–Kier alpha value is -3.74.